The van der Waals surface area contributed by atoms with Crippen molar-refractivity contribution in [2.75, 3.05) is 7.05 Å². The smallest absolute Gasteiger partial charge is 0.313 e. The van der Waals surface area contributed by atoms with Crippen molar-refractivity contribution in [1.29, 1.82) is 0 Å². The Kier molecular flexibility index (Phi) is 5.66. The molecule has 0 spiro atoms. The van der Waals surface area contributed by atoms with E-state index in [9.17, 15) is 13.2 Å². The molecule has 0 aliphatic heterocycles. The summed E-state index contributed by atoms with van der Waals surface area (Å²) in [7, 11) is 1.84. The molecule has 0 saturated heterocycles. The van der Waals surface area contributed by atoms with E-state index in [1.165, 1.54) is 0 Å². The normalized spacial score (nSPS) is 13.6. The zero-order valence-electron chi connectivity index (χ0n) is 10.8. The quantitative estimate of drug-likeness (QED) is 0.739. The van der Waals surface area contributed by atoms with Crippen LogP contribution in [0.4, 0.5) is 13.2 Å². The van der Waals surface area contributed by atoms with Crippen molar-refractivity contribution in [2.45, 2.75) is 44.8 Å². The Morgan fingerprint density at radius 2 is 1.72 bits per heavy atom. The van der Waals surface area contributed by atoms with Crippen LogP contribution < -0.4 is 5.32 Å². The first kappa shape index (κ1) is 15.0. The first-order chi connectivity index (χ1) is 8.49. The SMILES string of the molecule is CCCCC[C@@H](NC)c1ccc(C(F)(F)F)cc1. The number of alkyl halides is 3. The van der Waals surface area contributed by atoms with Gasteiger partial charge in [0.25, 0.3) is 0 Å². The molecule has 0 amide bonds. The molecule has 1 nitrogen and oxygen atoms in total. The van der Waals surface area contributed by atoms with Crippen molar-refractivity contribution in [3.8, 4) is 0 Å². The second-order valence-electron chi connectivity index (χ2n) is 4.46. The zero-order valence-corrected chi connectivity index (χ0v) is 10.8. The van der Waals surface area contributed by atoms with Gasteiger partial charge in [0.15, 0.2) is 0 Å². The Morgan fingerprint density at radius 1 is 1.11 bits per heavy atom. The van der Waals surface area contributed by atoms with E-state index in [1.54, 1.807) is 12.1 Å². The molecule has 4 heteroatoms. The number of nitrogens with one attached hydrogen (secondary N) is 1. The van der Waals surface area contributed by atoms with Crippen LogP contribution >= 0.6 is 0 Å². The summed E-state index contributed by atoms with van der Waals surface area (Å²) in [5.74, 6) is 0. The number of hydrogen-bond acceptors (Lipinski definition) is 1. The van der Waals surface area contributed by atoms with Crippen molar-refractivity contribution in [3.63, 3.8) is 0 Å². The molecule has 102 valence electrons. The maximum absolute atomic E-state index is 12.4. The van der Waals surface area contributed by atoms with E-state index >= 15 is 0 Å². The van der Waals surface area contributed by atoms with Gasteiger partial charge in [0, 0.05) is 6.04 Å². The third-order valence-electron chi connectivity index (χ3n) is 3.09. The summed E-state index contributed by atoms with van der Waals surface area (Å²) in [6.07, 6.45) is 0.0802. The molecule has 1 N–H and O–H groups in total. The second kappa shape index (κ2) is 6.78. The lowest BCUT2D eigenvalue weighted by molar-refractivity contribution is -0.137. The highest BCUT2D eigenvalue weighted by Gasteiger charge is 2.30. The molecule has 1 aromatic carbocycles. The van der Waals surface area contributed by atoms with Gasteiger partial charge in [0.1, 0.15) is 0 Å². The van der Waals surface area contributed by atoms with Crippen LogP contribution in [0.3, 0.4) is 0 Å². The van der Waals surface area contributed by atoms with Crippen LogP contribution in [0.1, 0.15) is 49.8 Å². The van der Waals surface area contributed by atoms with Gasteiger partial charge in [-0.15, -0.1) is 0 Å². The van der Waals surface area contributed by atoms with E-state index in [4.69, 9.17) is 0 Å². The van der Waals surface area contributed by atoms with Gasteiger partial charge in [-0.05, 0) is 31.2 Å². The molecule has 1 atom stereocenters. The summed E-state index contributed by atoms with van der Waals surface area (Å²) in [4.78, 5) is 0. The Balaban J connectivity index is 2.69. The van der Waals surface area contributed by atoms with Crippen molar-refractivity contribution >= 4 is 0 Å². The number of halogens is 3. The molecule has 0 bridgehead atoms. The minimum Gasteiger partial charge on any atom is -0.313 e. The van der Waals surface area contributed by atoms with E-state index in [0.717, 1.165) is 43.4 Å². The van der Waals surface area contributed by atoms with Crippen LogP contribution in [-0.4, -0.2) is 7.05 Å². The molecule has 18 heavy (non-hydrogen) atoms. The highest BCUT2D eigenvalue weighted by molar-refractivity contribution is 5.26. The maximum atomic E-state index is 12.4. The van der Waals surface area contributed by atoms with Gasteiger partial charge in [0.05, 0.1) is 5.56 Å². The van der Waals surface area contributed by atoms with Gasteiger partial charge in [-0.2, -0.15) is 13.2 Å². The largest absolute Gasteiger partial charge is 0.416 e. The van der Waals surface area contributed by atoms with Crippen molar-refractivity contribution < 1.29 is 13.2 Å². The molecule has 0 unspecified atom stereocenters. The first-order valence-electron chi connectivity index (χ1n) is 6.33. The van der Waals surface area contributed by atoms with Crippen LogP contribution in [0.5, 0.6) is 0 Å². The predicted molar refractivity (Wildman–Crippen MR) is 67.4 cm³/mol. The molecule has 0 saturated carbocycles. The fourth-order valence-electron chi connectivity index (χ4n) is 1.98. The summed E-state index contributed by atoms with van der Waals surface area (Å²) in [6.45, 7) is 2.13. The van der Waals surface area contributed by atoms with Crippen LogP contribution in [-0.2, 0) is 6.18 Å². The molecule has 0 fully saturated rings. The lowest BCUT2D eigenvalue weighted by atomic mass is 9.99. The Labute approximate surface area is 106 Å². The minimum absolute atomic E-state index is 0.138. The molecular formula is C14H20F3N. The van der Waals surface area contributed by atoms with E-state index < -0.39 is 11.7 Å². The van der Waals surface area contributed by atoms with Gasteiger partial charge in [-0.25, -0.2) is 0 Å². The second-order valence-corrected chi connectivity index (χ2v) is 4.46. The average Bonchev–Trinajstić information content (AvgIpc) is 2.34. The van der Waals surface area contributed by atoms with Gasteiger partial charge in [-0.1, -0.05) is 38.3 Å². The summed E-state index contributed by atoms with van der Waals surface area (Å²) < 4.78 is 37.3. The van der Waals surface area contributed by atoms with Gasteiger partial charge >= 0.3 is 6.18 Å². The minimum atomic E-state index is -4.25. The highest BCUT2D eigenvalue weighted by Crippen LogP contribution is 2.30. The Bertz CT molecular complexity index is 343. The van der Waals surface area contributed by atoms with Crippen molar-refractivity contribution in [1.82, 2.24) is 5.32 Å². The number of unbranched alkanes of at least 4 members (excludes halogenated alkanes) is 2. The molecule has 0 heterocycles. The summed E-state index contributed by atoms with van der Waals surface area (Å²) in [5.41, 5.74) is 0.330. The summed E-state index contributed by atoms with van der Waals surface area (Å²) in [6, 6.07) is 5.57. The zero-order chi connectivity index (χ0) is 13.6. The fraction of sp³-hybridized carbons (Fsp3) is 0.571. The number of hydrogen-bond donors (Lipinski definition) is 1. The van der Waals surface area contributed by atoms with E-state index in [1.807, 2.05) is 7.05 Å². The van der Waals surface area contributed by atoms with E-state index in [-0.39, 0.29) is 6.04 Å². The fourth-order valence-corrected chi connectivity index (χ4v) is 1.98. The Morgan fingerprint density at radius 3 is 2.17 bits per heavy atom. The molecule has 0 radical (unpaired) electrons. The van der Waals surface area contributed by atoms with Crippen molar-refractivity contribution in [3.05, 3.63) is 35.4 Å². The molecule has 0 aromatic heterocycles. The molecule has 1 rings (SSSR count). The standard InChI is InChI=1S/C14H20F3N/c1-3-4-5-6-13(18-2)11-7-9-12(10-8-11)14(15,16)17/h7-10,13,18H,3-6H2,1-2H3/t13-/m1/s1. The third kappa shape index (κ3) is 4.33. The van der Waals surface area contributed by atoms with Crippen LogP contribution in [0.25, 0.3) is 0 Å². The average molecular weight is 259 g/mol. The highest BCUT2D eigenvalue weighted by atomic mass is 19.4. The van der Waals surface area contributed by atoms with E-state index in [0.29, 0.717) is 0 Å². The maximum Gasteiger partial charge on any atom is 0.416 e. The summed E-state index contributed by atoms with van der Waals surface area (Å²) >= 11 is 0. The lowest BCUT2D eigenvalue weighted by Crippen LogP contribution is -2.16. The first-order valence-corrected chi connectivity index (χ1v) is 6.33. The van der Waals surface area contributed by atoms with Gasteiger partial charge < -0.3 is 5.32 Å². The topological polar surface area (TPSA) is 12.0 Å². The monoisotopic (exact) mass is 259 g/mol. The number of rotatable bonds is 6. The van der Waals surface area contributed by atoms with Gasteiger partial charge in [0.2, 0.25) is 0 Å². The van der Waals surface area contributed by atoms with Crippen LogP contribution in [0.15, 0.2) is 24.3 Å². The van der Waals surface area contributed by atoms with Gasteiger partial charge in [-0.3, -0.25) is 0 Å². The number of benzene rings is 1. The predicted octanol–water partition coefficient (Wildman–Crippen LogP) is 4.55. The van der Waals surface area contributed by atoms with Crippen molar-refractivity contribution in [2.24, 2.45) is 0 Å². The van der Waals surface area contributed by atoms with E-state index in [2.05, 4.69) is 12.2 Å². The molecule has 1 aromatic rings. The molecular weight excluding hydrogens is 239 g/mol. The van der Waals surface area contributed by atoms with Crippen LogP contribution in [0.2, 0.25) is 0 Å². The lowest BCUT2D eigenvalue weighted by Gasteiger charge is -2.17. The van der Waals surface area contributed by atoms with Crippen LogP contribution in [0, 0.1) is 0 Å². The summed E-state index contributed by atoms with van der Waals surface area (Å²) in [5, 5.41) is 3.15. The molecule has 0 aliphatic rings. The Hall–Kier alpha value is -1.03. The molecule has 0 aliphatic carbocycles. The third-order valence-corrected chi connectivity index (χ3v) is 3.09.